The van der Waals surface area contributed by atoms with E-state index in [-0.39, 0.29) is 18.0 Å². The number of hydrogen-bond donors (Lipinski definition) is 2. The van der Waals surface area contributed by atoms with Gasteiger partial charge in [-0.2, -0.15) is 0 Å². The number of oxazole rings is 1. The number of carbonyl (C=O) groups excluding carboxylic acids is 2. The van der Waals surface area contributed by atoms with Gasteiger partial charge in [0.1, 0.15) is 11.5 Å². The first-order chi connectivity index (χ1) is 13.3. The lowest BCUT2D eigenvalue weighted by Crippen LogP contribution is -2.23. The summed E-state index contributed by atoms with van der Waals surface area (Å²) in [6, 6.07) is 9.94. The maximum absolute atomic E-state index is 13.3. The molecule has 2 amide bonds. The van der Waals surface area contributed by atoms with E-state index in [1.807, 2.05) is 0 Å². The minimum atomic E-state index is -1.10. The molecule has 1 heterocycles. The molecule has 0 fully saturated rings. The van der Waals surface area contributed by atoms with Gasteiger partial charge in [-0.05, 0) is 37.3 Å². The van der Waals surface area contributed by atoms with E-state index in [9.17, 15) is 18.4 Å². The minimum absolute atomic E-state index is 0.00345. The first kappa shape index (κ1) is 19.2. The predicted molar refractivity (Wildman–Crippen MR) is 98.5 cm³/mol. The molecule has 2 N–H and O–H groups in total. The van der Waals surface area contributed by atoms with E-state index in [4.69, 9.17) is 4.42 Å². The Morgan fingerprint density at radius 3 is 2.57 bits per heavy atom. The zero-order valence-electron chi connectivity index (χ0n) is 15.2. The molecule has 28 heavy (non-hydrogen) atoms. The van der Waals surface area contributed by atoms with E-state index < -0.39 is 17.5 Å². The molecule has 0 bridgehead atoms. The van der Waals surface area contributed by atoms with Crippen LogP contribution < -0.4 is 10.6 Å². The summed E-state index contributed by atoms with van der Waals surface area (Å²) >= 11 is 0. The van der Waals surface area contributed by atoms with Crippen LogP contribution in [0.3, 0.4) is 0 Å². The van der Waals surface area contributed by atoms with Gasteiger partial charge in [-0.3, -0.25) is 9.59 Å². The van der Waals surface area contributed by atoms with Crippen LogP contribution in [0.5, 0.6) is 0 Å². The second-order valence-corrected chi connectivity index (χ2v) is 6.06. The third-order valence-electron chi connectivity index (χ3n) is 3.96. The van der Waals surface area contributed by atoms with Crippen molar-refractivity contribution in [3.63, 3.8) is 0 Å². The topological polar surface area (TPSA) is 84.2 Å². The van der Waals surface area contributed by atoms with Gasteiger partial charge in [0, 0.05) is 12.5 Å². The van der Waals surface area contributed by atoms with Gasteiger partial charge >= 0.3 is 0 Å². The third-order valence-corrected chi connectivity index (χ3v) is 3.96. The quantitative estimate of drug-likeness (QED) is 0.699. The highest BCUT2D eigenvalue weighted by molar-refractivity contribution is 5.94. The lowest BCUT2D eigenvalue weighted by molar-refractivity contribution is -0.114. The van der Waals surface area contributed by atoms with Crippen molar-refractivity contribution in [1.82, 2.24) is 10.3 Å². The highest BCUT2D eigenvalue weighted by Gasteiger charge is 2.16. The van der Waals surface area contributed by atoms with E-state index >= 15 is 0 Å². The highest BCUT2D eigenvalue weighted by atomic mass is 19.2. The minimum Gasteiger partial charge on any atom is -0.441 e. The van der Waals surface area contributed by atoms with E-state index in [1.165, 1.54) is 13.0 Å². The van der Waals surface area contributed by atoms with Crippen molar-refractivity contribution in [2.45, 2.75) is 20.4 Å². The number of benzene rings is 2. The normalized spacial score (nSPS) is 10.6. The number of carbonyl (C=O) groups is 2. The van der Waals surface area contributed by atoms with Crippen molar-refractivity contribution >= 4 is 17.5 Å². The number of nitrogens with zero attached hydrogens (tertiary/aromatic N) is 1. The lowest BCUT2D eigenvalue weighted by Gasteiger charge is -2.06. The largest absolute Gasteiger partial charge is 0.441 e. The fourth-order valence-electron chi connectivity index (χ4n) is 2.58. The van der Waals surface area contributed by atoms with Crippen LogP contribution in [0.4, 0.5) is 14.5 Å². The molecule has 1 aromatic heterocycles. The van der Waals surface area contributed by atoms with Crippen LogP contribution in [0.2, 0.25) is 0 Å². The summed E-state index contributed by atoms with van der Waals surface area (Å²) in [4.78, 5) is 27.9. The molecule has 6 nitrogen and oxygen atoms in total. The zero-order valence-corrected chi connectivity index (χ0v) is 15.2. The fourth-order valence-corrected chi connectivity index (χ4v) is 2.58. The van der Waals surface area contributed by atoms with Crippen molar-refractivity contribution in [2.75, 3.05) is 5.32 Å². The summed E-state index contributed by atoms with van der Waals surface area (Å²) in [7, 11) is 0. The molecule has 0 atom stereocenters. The molecule has 0 saturated carbocycles. The number of aryl methyl sites for hydroxylation is 1. The second-order valence-electron chi connectivity index (χ2n) is 6.06. The van der Waals surface area contributed by atoms with Gasteiger partial charge in [-0.25, -0.2) is 13.8 Å². The third kappa shape index (κ3) is 4.22. The van der Waals surface area contributed by atoms with Gasteiger partial charge in [-0.15, -0.1) is 0 Å². The van der Waals surface area contributed by atoms with E-state index in [1.54, 1.807) is 31.2 Å². The number of hydrogen-bond acceptors (Lipinski definition) is 4. The van der Waals surface area contributed by atoms with E-state index in [2.05, 4.69) is 15.6 Å². The van der Waals surface area contributed by atoms with Crippen LogP contribution in [-0.4, -0.2) is 16.8 Å². The molecule has 8 heteroatoms. The highest BCUT2D eigenvalue weighted by Crippen LogP contribution is 2.28. The smallest absolute Gasteiger partial charge is 0.251 e. The zero-order chi connectivity index (χ0) is 20.3. The number of aromatic nitrogens is 1. The van der Waals surface area contributed by atoms with Crippen LogP contribution in [0, 0.1) is 18.6 Å². The molecule has 0 aliphatic rings. The number of anilines is 1. The maximum Gasteiger partial charge on any atom is 0.251 e. The predicted octanol–water partition coefficient (Wildman–Crippen LogP) is 3.82. The molecule has 3 rings (SSSR count). The van der Waals surface area contributed by atoms with Crippen LogP contribution in [0.1, 0.15) is 28.7 Å². The number of rotatable bonds is 5. The Bertz CT molecular complexity index is 1050. The Kier molecular flexibility index (Phi) is 5.49. The summed E-state index contributed by atoms with van der Waals surface area (Å²) in [5.74, 6) is -2.14. The number of nitrogens with one attached hydrogen (secondary N) is 2. The van der Waals surface area contributed by atoms with Crippen molar-refractivity contribution in [1.29, 1.82) is 0 Å². The molecule has 0 saturated heterocycles. The summed E-state index contributed by atoms with van der Waals surface area (Å²) in [6.07, 6.45) is 0. The Hall–Kier alpha value is -3.55. The molecule has 0 aliphatic heterocycles. The Morgan fingerprint density at radius 1 is 1.11 bits per heavy atom. The average molecular weight is 385 g/mol. The van der Waals surface area contributed by atoms with Crippen LogP contribution in [0.15, 0.2) is 46.9 Å². The number of para-hydroxylation sites is 1. The Balaban J connectivity index is 1.77. The molecule has 0 aliphatic carbocycles. The fraction of sp³-hybridized carbons (Fsp3) is 0.150. The summed E-state index contributed by atoms with van der Waals surface area (Å²) < 4.78 is 31.9. The summed E-state index contributed by atoms with van der Waals surface area (Å²) in [5.41, 5.74) is 1.62. The number of halogens is 2. The van der Waals surface area contributed by atoms with Gasteiger partial charge in [0.2, 0.25) is 11.8 Å². The standard InChI is InChI=1S/C20H17F2N3O3/c1-11-18(10-23-19(27)13-7-8-15(21)16(22)9-13)25-20(28-11)14-5-3-4-6-17(14)24-12(2)26/h3-9H,10H2,1-2H3,(H,23,27)(H,24,26). The molecule has 0 unspecified atom stereocenters. The molecule has 2 aromatic carbocycles. The van der Waals surface area contributed by atoms with Gasteiger partial charge in [0.25, 0.3) is 5.91 Å². The van der Waals surface area contributed by atoms with Crippen LogP contribution in [0.25, 0.3) is 11.5 Å². The van der Waals surface area contributed by atoms with Crippen molar-refractivity contribution in [2.24, 2.45) is 0 Å². The van der Waals surface area contributed by atoms with E-state index in [0.29, 0.717) is 28.6 Å². The van der Waals surface area contributed by atoms with Crippen molar-refractivity contribution in [3.8, 4) is 11.5 Å². The molecular weight excluding hydrogens is 368 g/mol. The van der Waals surface area contributed by atoms with Crippen molar-refractivity contribution < 1.29 is 22.8 Å². The number of amides is 2. The molecule has 0 radical (unpaired) electrons. The Morgan fingerprint density at radius 2 is 1.86 bits per heavy atom. The average Bonchev–Trinajstić information content (AvgIpc) is 3.02. The summed E-state index contributed by atoms with van der Waals surface area (Å²) in [6.45, 7) is 3.13. The van der Waals surface area contributed by atoms with E-state index in [0.717, 1.165) is 12.1 Å². The molecule has 0 spiro atoms. The molecular formula is C20H17F2N3O3. The summed E-state index contributed by atoms with van der Waals surface area (Å²) in [5, 5.41) is 5.30. The molecule has 144 valence electrons. The first-order valence-corrected chi connectivity index (χ1v) is 8.41. The monoisotopic (exact) mass is 385 g/mol. The van der Waals surface area contributed by atoms with Gasteiger partial charge < -0.3 is 15.1 Å². The van der Waals surface area contributed by atoms with Gasteiger partial charge in [-0.1, -0.05) is 12.1 Å². The van der Waals surface area contributed by atoms with Crippen LogP contribution >= 0.6 is 0 Å². The SMILES string of the molecule is CC(=O)Nc1ccccc1-c1nc(CNC(=O)c2ccc(F)c(F)c2)c(C)o1. The Labute approximate surface area is 159 Å². The van der Waals surface area contributed by atoms with Crippen molar-refractivity contribution in [3.05, 3.63) is 71.1 Å². The first-order valence-electron chi connectivity index (χ1n) is 8.41. The van der Waals surface area contributed by atoms with Gasteiger partial charge in [0.15, 0.2) is 11.6 Å². The lowest BCUT2D eigenvalue weighted by atomic mass is 10.1. The van der Waals surface area contributed by atoms with Gasteiger partial charge in [0.05, 0.1) is 17.8 Å². The second kappa shape index (κ2) is 7.99. The van der Waals surface area contributed by atoms with Crippen LogP contribution in [-0.2, 0) is 11.3 Å². The molecule has 3 aromatic rings. The maximum atomic E-state index is 13.3.